The summed E-state index contributed by atoms with van der Waals surface area (Å²) in [6, 6.07) is 5.22. The SMILES string of the molecule is Cc1cccc(C(=O)N(C)CCS(C)(=O)=O)c1N. The molecule has 1 amide bonds. The Morgan fingerprint density at radius 1 is 1.39 bits per heavy atom. The predicted octanol–water partition coefficient (Wildman–Crippen LogP) is 0.694. The molecule has 5 nitrogen and oxygen atoms in total. The monoisotopic (exact) mass is 270 g/mol. The number of carbonyl (C=O) groups excluding carboxylic acids is 1. The number of anilines is 1. The van der Waals surface area contributed by atoms with Crippen LogP contribution in [0.4, 0.5) is 5.69 Å². The highest BCUT2D eigenvalue weighted by Gasteiger charge is 2.16. The lowest BCUT2D eigenvalue weighted by molar-refractivity contribution is 0.0804. The van der Waals surface area contributed by atoms with E-state index in [0.29, 0.717) is 11.3 Å². The van der Waals surface area contributed by atoms with Crippen molar-refractivity contribution in [1.29, 1.82) is 0 Å². The molecule has 0 saturated heterocycles. The first-order chi connectivity index (χ1) is 8.22. The summed E-state index contributed by atoms with van der Waals surface area (Å²) in [4.78, 5) is 13.5. The molecule has 6 heteroatoms. The Balaban J connectivity index is 2.84. The van der Waals surface area contributed by atoms with Crippen LogP contribution in [0.2, 0.25) is 0 Å². The van der Waals surface area contributed by atoms with Crippen LogP contribution in [0, 0.1) is 6.92 Å². The van der Waals surface area contributed by atoms with E-state index in [1.165, 1.54) is 4.90 Å². The first-order valence-corrected chi connectivity index (χ1v) is 7.56. The third-order valence-corrected chi connectivity index (χ3v) is 3.62. The fourth-order valence-electron chi connectivity index (χ4n) is 1.48. The van der Waals surface area contributed by atoms with Gasteiger partial charge in [0, 0.05) is 25.5 Å². The van der Waals surface area contributed by atoms with Crippen LogP contribution in [0.1, 0.15) is 15.9 Å². The van der Waals surface area contributed by atoms with E-state index < -0.39 is 9.84 Å². The minimum absolute atomic E-state index is 0.0546. The van der Waals surface area contributed by atoms with Crippen molar-refractivity contribution in [2.75, 3.05) is 31.3 Å². The fraction of sp³-hybridized carbons (Fsp3) is 0.417. The molecule has 100 valence electrons. The number of benzene rings is 1. The third kappa shape index (κ3) is 3.73. The summed E-state index contributed by atoms with van der Waals surface area (Å²) in [6.45, 7) is 1.98. The number of nitrogen functional groups attached to an aromatic ring is 1. The quantitative estimate of drug-likeness (QED) is 0.816. The van der Waals surface area contributed by atoms with E-state index in [9.17, 15) is 13.2 Å². The van der Waals surface area contributed by atoms with Crippen molar-refractivity contribution in [1.82, 2.24) is 4.90 Å². The number of hydrogen-bond donors (Lipinski definition) is 1. The lowest BCUT2D eigenvalue weighted by Crippen LogP contribution is -2.32. The van der Waals surface area contributed by atoms with Gasteiger partial charge in [-0.1, -0.05) is 12.1 Å². The molecule has 0 bridgehead atoms. The molecule has 0 heterocycles. The van der Waals surface area contributed by atoms with Crippen molar-refractivity contribution >= 4 is 21.4 Å². The first kappa shape index (κ1) is 14.5. The molecule has 0 radical (unpaired) electrons. The average Bonchev–Trinajstić information content (AvgIpc) is 2.28. The van der Waals surface area contributed by atoms with Crippen LogP contribution in [0.25, 0.3) is 0 Å². The van der Waals surface area contributed by atoms with Crippen molar-refractivity contribution < 1.29 is 13.2 Å². The number of rotatable bonds is 4. The normalized spacial score (nSPS) is 11.3. The molecule has 2 N–H and O–H groups in total. The highest BCUT2D eigenvalue weighted by atomic mass is 32.2. The number of nitrogens with two attached hydrogens (primary N) is 1. The van der Waals surface area contributed by atoms with Gasteiger partial charge in [-0.05, 0) is 18.6 Å². The van der Waals surface area contributed by atoms with Crippen LogP contribution in [0.5, 0.6) is 0 Å². The van der Waals surface area contributed by atoms with Gasteiger partial charge in [-0.2, -0.15) is 0 Å². The number of nitrogens with zero attached hydrogens (tertiary/aromatic N) is 1. The minimum atomic E-state index is -3.08. The van der Waals surface area contributed by atoms with Crippen LogP contribution in [-0.2, 0) is 9.84 Å². The Bertz CT molecular complexity index is 552. The van der Waals surface area contributed by atoms with Gasteiger partial charge in [0.1, 0.15) is 9.84 Å². The summed E-state index contributed by atoms with van der Waals surface area (Å²) in [7, 11) is -1.51. The Morgan fingerprint density at radius 2 is 2.00 bits per heavy atom. The Kier molecular flexibility index (Phi) is 4.34. The van der Waals surface area contributed by atoms with Gasteiger partial charge >= 0.3 is 0 Å². The van der Waals surface area contributed by atoms with Crippen LogP contribution in [-0.4, -0.2) is 44.8 Å². The molecule has 0 saturated carbocycles. The number of sulfone groups is 1. The number of amides is 1. The largest absolute Gasteiger partial charge is 0.398 e. The van der Waals surface area contributed by atoms with Crippen LogP contribution in [0.3, 0.4) is 0 Å². The van der Waals surface area contributed by atoms with E-state index in [-0.39, 0.29) is 18.2 Å². The van der Waals surface area contributed by atoms with Gasteiger partial charge in [0.25, 0.3) is 5.91 Å². The van der Waals surface area contributed by atoms with Gasteiger partial charge in [-0.15, -0.1) is 0 Å². The Hall–Kier alpha value is -1.56. The molecule has 0 spiro atoms. The van der Waals surface area contributed by atoms with Crippen molar-refractivity contribution in [3.8, 4) is 0 Å². The molecule has 1 rings (SSSR count). The zero-order chi connectivity index (χ0) is 13.9. The maximum atomic E-state index is 12.1. The zero-order valence-electron chi connectivity index (χ0n) is 10.8. The first-order valence-electron chi connectivity index (χ1n) is 5.50. The summed E-state index contributed by atoms with van der Waals surface area (Å²) in [5, 5.41) is 0. The zero-order valence-corrected chi connectivity index (χ0v) is 11.6. The Labute approximate surface area is 108 Å². The molecule has 1 aromatic rings. The second-order valence-corrected chi connectivity index (χ2v) is 6.65. The number of aryl methyl sites for hydroxylation is 1. The number of para-hydroxylation sites is 1. The van der Waals surface area contributed by atoms with Crippen molar-refractivity contribution in [3.63, 3.8) is 0 Å². The van der Waals surface area contributed by atoms with Crippen molar-refractivity contribution in [2.24, 2.45) is 0 Å². The molecule has 0 atom stereocenters. The van der Waals surface area contributed by atoms with Crippen LogP contribution >= 0.6 is 0 Å². The highest BCUT2D eigenvalue weighted by Crippen LogP contribution is 2.17. The molecule has 18 heavy (non-hydrogen) atoms. The lowest BCUT2D eigenvalue weighted by Gasteiger charge is -2.18. The van der Waals surface area contributed by atoms with Crippen molar-refractivity contribution in [2.45, 2.75) is 6.92 Å². The standard InChI is InChI=1S/C12H18N2O3S/c1-9-5-4-6-10(11(9)13)12(15)14(2)7-8-18(3,16)17/h4-6H,7-8,13H2,1-3H3. The second-order valence-electron chi connectivity index (χ2n) is 4.39. The van der Waals surface area contributed by atoms with Gasteiger partial charge in [-0.25, -0.2) is 8.42 Å². The summed E-state index contributed by atoms with van der Waals surface area (Å²) >= 11 is 0. The summed E-state index contributed by atoms with van der Waals surface area (Å²) in [5.41, 5.74) is 7.52. The molecule has 0 aliphatic carbocycles. The predicted molar refractivity (Wildman–Crippen MR) is 72.3 cm³/mol. The maximum absolute atomic E-state index is 12.1. The van der Waals surface area contributed by atoms with E-state index in [4.69, 9.17) is 5.73 Å². The van der Waals surface area contributed by atoms with E-state index in [1.54, 1.807) is 19.2 Å². The average molecular weight is 270 g/mol. The fourth-order valence-corrected chi connectivity index (χ4v) is 2.08. The van der Waals surface area contributed by atoms with E-state index in [1.807, 2.05) is 13.0 Å². The van der Waals surface area contributed by atoms with E-state index in [0.717, 1.165) is 11.8 Å². The number of carbonyl (C=O) groups is 1. The van der Waals surface area contributed by atoms with Crippen LogP contribution < -0.4 is 5.73 Å². The van der Waals surface area contributed by atoms with Crippen molar-refractivity contribution in [3.05, 3.63) is 29.3 Å². The number of hydrogen-bond acceptors (Lipinski definition) is 4. The summed E-state index contributed by atoms with van der Waals surface area (Å²) in [6.07, 6.45) is 1.15. The molecule has 0 aliphatic rings. The van der Waals surface area contributed by atoms with E-state index >= 15 is 0 Å². The molecule has 0 aromatic heterocycles. The molecular weight excluding hydrogens is 252 g/mol. The highest BCUT2D eigenvalue weighted by molar-refractivity contribution is 7.90. The van der Waals surface area contributed by atoms with Gasteiger partial charge in [0.15, 0.2) is 0 Å². The van der Waals surface area contributed by atoms with Gasteiger partial charge < -0.3 is 10.6 Å². The summed E-state index contributed by atoms with van der Waals surface area (Å²) in [5.74, 6) is -0.319. The smallest absolute Gasteiger partial charge is 0.255 e. The molecule has 0 fully saturated rings. The molecule has 1 aromatic carbocycles. The summed E-state index contributed by atoms with van der Waals surface area (Å²) < 4.78 is 22.1. The molecular formula is C12H18N2O3S. The second kappa shape index (κ2) is 5.39. The van der Waals surface area contributed by atoms with Gasteiger partial charge in [-0.3, -0.25) is 4.79 Å². The lowest BCUT2D eigenvalue weighted by atomic mass is 10.1. The maximum Gasteiger partial charge on any atom is 0.255 e. The molecule has 0 aliphatic heterocycles. The molecule has 0 unspecified atom stereocenters. The van der Waals surface area contributed by atoms with Gasteiger partial charge in [0.2, 0.25) is 0 Å². The Morgan fingerprint density at radius 3 is 2.56 bits per heavy atom. The van der Waals surface area contributed by atoms with E-state index in [2.05, 4.69) is 0 Å². The van der Waals surface area contributed by atoms with Crippen LogP contribution in [0.15, 0.2) is 18.2 Å². The van der Waals surface area contributed by atoms with Gasteiger partial charge in [0.05, 0.1) is 11.3 Å². The third-order valence-electron chi connectivity index (χ3n) is 2.70. The topological polar surface area (TPSA) is 80.5 Å². The minimum Gasteiger partial charge on any atom is -0.398 e.